The molecule has 140 valence electrons. The Morgan fingerprint density at radius 2 is 2.00 bits per heavy atom. The number of thioether (sulfide) groups is 1. The van der Waals surface area contributed by atoms with Crippen LogP contribution in [0.5, 0.6) is 5.75 Å². The number of carbonyl (C=O) groups is 1. The Morgan fingerprint density at radius 3 is 2.58 bits per heavy atom. The normalized spacial score (nSPS) is 14.3. The number of hydrogen-bond acceptors (Lipinski definition) is 6. The lowest BCUT2D eigenvalue weighted by molar-refractivity contribution is -0.137. The van der Waals surface area contributed by atoms with E-state index in [-0.39, 0.29) is 11.9 Å². The van der Waals surface area contributed by atoms with Crippen molar-refractivity contribution >= 4 is 34.1 Å². The van der Waals surface area contributed by atoms with Crippen molar-refractivity contribution in [3.63, 3.8) is 0 Å². The summed E-state index contributed by atoms with van der Waals surface area (Å²) in [5.74, 6) is 0.915. The number of carbonyl (C=O) groups excluding carboxylic acids is 1. The van der Waals surface area contributed by atoms with E-state index in [0.717, 1.165) is 29.3 Å². The molecule has 1 aliphatic carbocycles. The zero-order valence-electron chi connectivity index (χ0n) is 13.8. The van der Waals surface area contributed by atoms with E-state index in [1.807, 2.05) is 0 Å². The molecule has 0 radical (unpaired) electrons. The van der Waals surface area contributed by atoms with Crippen molar-refractivity contribution in [1.82, 2.24) is 10.2 Å². The number of rotatable bonds is 7. The summed E-state index contributed by atoms with van der Waals surface area (Å²) < 4.78 is 43.7. The van der Waals surface area contributed by atoms with Crippen molar-refractivity contribution in [2.45, 2.75) is 36.3 Å². The van der Waals surface area contributed by atoms with E-state index in [0.29, 0.717) is 23.2 Å². The Hall–Kier alpha value is -1.81. The molecule has 1 heterocycles. The monoisotopic (exact) mass is 403 g/mol. The van der Waals surface area contributed by atoms with E-state index in [9.17, 15) is 18.0 Å². The molecule has 1 saturated carbocycles. The number of nitrogens with zero attached hydrogens (tertiary/aromatic N) is 3. The van der Waals surface area contributed by atoms with Gasteiger partial charge in [0, 0.05) is 18.7 Å². The number of aromatic nitrogens is 2. The van der Waals surface area contributed by atoms with Crippen LogP contribution in [0, 0.1) is 0 Å². The van der Waals surface area contributed by atoms with E-state index in [4.69, 9.17) is 4.74 Å². The summed E-state index contributed by atoms with van der Waals surface area (Å²) in [5.41, 5.74) is -0.702. The number of amides is 1. The molecule has 0 aliphatic heterocycles. The molecule has 0 atom stereocenters. The van der Waals surface area contributed by atoms with E-state index in [1.54, 1.807) is 4.90 Å². The second kappa shape index (κ2) is 7.83. The number of anilines is 1. The third-order valence-electron chi connectivity index (χ3n) is 3.61. The quantitative estimate of drug-likeness (QED) is 0.393. The minimum atomic E-state index is -4.35. The SMILES string of the molecule is CC(=O)N(c1nnc(SCCOc2ccc(C(F)(F)F)cc2)s1)C1CC1. The molecule has 0 spiro atoms. The Kier molecular flexibility index (Phi) is 5.71. The number of hydrogen-bond donors (Lipinski definition) is 0. The Bertz CT molecular complexity index is 761. The van der Waals surface area contributed by atoms with Gasteiger partial charge in [-0.05, 0) is 37.1 Å². The number of halogens is 3. The summed E-state index contributed by atoms with van der Waals surface area (Å²) in [7, 11) is 0. The first-order chi connectivity index (χ1) is 12.3. The third-order valence-corrected chi connectivity index (χ3v) is 5.63. The highest BCUT2D eigenvalue weighted by molar-refractivity contribution is 8.01. The molecule has 1 amide bonds. The second-order valence-electron chi connectivity index (χ2n) is 5.69. The van der Waals surface area contributed by atoms with Gasteiger partial charge in [0.2, 0.25) is 11.0 Å². The van der Waals surface area contributed by atoms with Crippen LogP contribution in [0.1, 0.15) is 25.3 Å². The van der Waals surface area contributed by atoms with Crippen LogP contribution >= 0.6 is 23.1 Å². The van der Waals surface area contributed by atoms with Crippen LogP contribution in [0.2, 0.25) is 0 Å². The maximum atomic E-state index is 12.5. The second-order valence-corrected chi connectivity index (χ2v) is 7.99. The maximum Gasteiger partial charge on any atom is 0.416 e. The summed E-state index contributed by atoms with van der Waals surface area (Å²) in [6.45, 7) is 1.84. The Labute approximate surface area is 156 Å². The van der Waals surface area contributed by atoms with Crippen LogP contribution in [-0.2, 0) is 11.0 Å². The standard InChI is InChI=1S/C16H16F3N3O2S2/c1-10(23)22(12-4-5-12)14-20-21-15(26-14)25-9-8-24-13-6-2-11(3-7-13)16(17,18)19/h2-3,6-7,12H,4-5,8-9H2,1H3. The zero-order chi connectivity index (χ0) is 18.7. The molecule has 1 aromatic carbocycles. The lowest BCUT2D eigenvalue weighted by Gasteiger charge is -2.15. The molecule has 26 heavy (non-hydrogen) atoms. The van der Waals surface area contributed by atoms with Crippen molar-refractivity contribution in [3.8, 4) is 5.75 Å². The fourth-order valence-electron chi connectivity index (χ4n) is 2.27. The van der Waals surface area contributed by atoms with Crippen LogP contribution in [0.15, 0.2) is 28.6 Å². The molecule has 1 fully saturated rings. The molecule has 0 unspecified atom stereocenters. The Balaban J connectivity index is 1.46. The molecular formula is C16H16F3N3O2S2. The van der Waals surface area contributed by atoms with Crippen LogP contribution in [0.25, 0.3) is 0 Å². The molecule has 5 nitrogen and oxygen atoms in total. The molecule has 3 rings (SSSR count). The lowest BCUT2D eigenvalue weighted by atomic mass is 10.2. The van der Waals surface area contributed by atoms with Gasteiger partial charge in [0.05, 0.1) is 12.2 Å². The number of benzene rings is 1. The van der Waals surface area contributed by atoms with Crippen molar-refractivity contribution in [2.75, 3.05) is 17.3 Å². The smallest absolute Gasteiger partial charge is 0.416 e. The first kappa shape index (κ1) is 19.0. The van der Waals surface area contributed by atoms with Crippen molar-refractivity contribution in [2.24, 2.45) is 0 Å². The van der Waals surface area contributed by atoms with Gasteiger partial charge >= 0.3 is 6.18 Å². The van der Waals surface area contributed by atoms with Gasteiger partial charge in [0.1, 0.15) is 5.75 Å². The average molecular weight is 403 g/mol. The third kappa shape index (κ3) is 4.88. The average Bonchev–Trinajstić information content (AvgIpc) is 3.29. The number of ether oxygens (including phenoxy) is 1. The van der Waals surface area contributed by atoms with Crippen LogP contribution < -0.4 is 9.64 Å². The molecule has 0 saturated heterocycles. The summed E-state index contributed by atoms with van der Waals surface area (Å²) in [4.78, 5) is 13.4. The fraction of sp³-hybridized carbons (Fsp3) is 0.438. The minimum Gasteiger partial charge on any atom is -0.493 e. The van der Waals surface area contributed by atoms with Gasteiger partial charge in [-0.1, -0.05) is 23.1 Å². The highest BCUT2D eigenvalue weighted by atomic mass is 32.2. The first-order valence-electron chi connectivity index (χ1n) is 7.91. The van der Waals surface area contributed by atoms with E-state index in [1.165, 1.54) is 42.2 Å². The summed E-state index contributed by atoms with van der Waals surface area (Å²) in [6.07, 6.45) is -2.37. The van der Waals surface area contributed by atoms with Crippen LogP contribution in [-0.4, -0.2) is 34.5 Å². The van der Waals surface area contributed by atoms with Gasteiger partial charge in [0.25, 0.3) is 0 Å². The predicted octanol–water partition coefficient (Wildman–Crippen LogP) is 4.24. The molecule has 1 aromatic heterocycles. The van der Waals surface area contributed by atoms with Crippen LogP contribution in [0.3, 0.4) is 0 Å². The molecule has 2 aromatic rings. The van der Waals surface area contributed by atoms with Crippen molar-refractivity contribution in [3.05, 3.63) is 29.8 Å². The fourth-order valence-corrected chi connectivity index (χ4v) is 4.11. The summed E-state index contributed by atoms with van der Waals surface area (Å²) in [6, 6.07) is 4.83. The topological polar surface area (TPSA) is 55.3 Å². The van der Waals surface area contributed by atoms with Crippen LogP contribution in [0.4, 0.5) is 18.3 Å². The van der Waals surface area contributed by atoms with Gasteiger partial charge in [-0.15, -0.1) is 10.2 Å². The van der Waals surface area contributed by atoms with E-state index in [2.05, 4.69) is 10.2 Å². The van der Waals surface area contributed by atoms with E-state index < -0.39 is 11.7 Å². The first-order valence-corrected chi connectivity index (χ1v) is 9.71. The van der Waals surface area contributed by atoms with Crippen molar-refractivity contribution < 1.29 is 22.7 Å². The maximum absolute atomic E-state index is 12.5. The summed E-state index contributed by atoms with van der Waals surface area (Å²) in [5, 5.41) is 8.75. The van der Waals surface area contributed by atoms with Gasteiger partial charge in [-0.25, -0.2) is 0 Å². The van der Waals surface area contributed by atoms with E-state index >= 15 is 0 Å². The Morgan fingerprint density at radius 1 is 1.31 bits per heavy atom. The van der Waals surface area contributed by atoms with Gasteiger partial charge in [0.15, 0.2) is 4.34 Å². The summed E-state index contributed by atoms with van der Waals surface area (Å²) >= 11 is 2.78. The zero-order valence-corrected chi connectivity index (χ0v) is 15.5. The molecule has 1 aliphatic rings. The van der Waals surface area contributed by atoms with Gasteiger partial charge in [-0.2, -0.15) is 13.2 Å². The van der Waals surface area contributed by atoms with Crippen molar-refractivity contribution in [1.29, 1.82) is 0 Å². The highest BCUT2D eigenvalue weighted by Gasteiger charge is 2.34. The predicted molar refractivity (Wildman–Crippen MR) is 93.8 cm³/mol. The van der Waals surface area contributed by atoms with Gasteiger partial charge < -0.3 is 4.74 Å². The number of alkyl halides is 3. The van der Waals surface area contributed by atoms with Gasteiger partial charge in [-0.3, -0.25) is 9.69 Å². The minimum absolute atomic E-state index is 0.0363. The molecule has 0 N–H and O–H groups in total. The highest BCUT2D eigenvalue weighted by Crippen LogP contribution is 2.35. The lowest BCUT2D eigenvalue weighted by Crippen LogP contribution is -2.30. The largest absolute Gasteiger partial charge is 0.493 e. The molecule has 0 bridgehead atoms. The molecule has 10 heteroatoms. The molecular weight excluding hydrogens is 387 g/mol.